The molecule has 180 valence electrons. The van der Waals surface area contributed by atoms with Crippen molar-refractivity contribution in [1.82, 2.24) is 10.2 Å². The molecule has 33 heavy (non-hydrogen) atoms. The third kappa shape index (κ3) is 4.61. The maximum Gasteiger partial charge on any atom is 0.410 e. The van der Waals surface area contributed by atoms with Gasteiger partial charge in [-0.2, -0.15) is 0 Å². The molecular formula is C26H34BrFN2O3. The number of carbonyl (C=O) groups is 2. The van der Waals surface area contributed by atoms with Gasteiger partial charge in [-0.1, -0.05) is 39.3 Å². The van der Waals surface area contributed by atoms with Crippen molar-refractivity contribution in [2.75, 3.05) is 13.1 Å². The fraction of sp³-hybridized carbons (Fsp3) is 0.538. The third-order valence-electron chi connectivity index (χ3n) is 6.14. The maximum atomic E-state index is 15.4. The zero-order chi connectivity index (χ0) is 24.7. The highest BCUT2D eigenvalue weighted by atomic mass is 79.9. The van der Waals surface area contributed by atoms with Crippen LogP contribution in [-0.4, -0.2) is 35.6 Å². The molecule has 2 aliphatic heterocycles. The third-order valence-corrected chi connectivity index (χ3v) is 7.11. The lowest BCUT2D eigenvalue weighted by Gasteiger charge is -2.47. The Labute approximate surface area is 204 Å². The second-order valence-electron chi connectivity index (χ2n) is 10.1. The summed E-state index contributed by atoms with van der Waals surface area (Å²) in [6.45, 7) is 15.9. The molecular weight excluding hydrogens is 487 g/mol. The van der Waals surface area contributed by atoms with Gasteiger partial charge >= 0.3 is 6.09 Å². The van der Waals surface area contributed by atoms with Crippen molar-refractivity contribution in [3.05, 3.63) is 50.9 Å². The number of aryl methyl sites for hydroxylation is 1. The number of carbonyl (C=O) groups excluding carboxylic acids is 2. The lowest BCUT2D eigenvalue weighted by Crippen LogP contribution is -2.63. The zero-order valence-corrected chi connectivity index (χ0v) is 22.0. The number of halogens is 2. The van der Waals surface area contributed by atoms with E-state index in [9.17, 15) is 9.59 Å². The predicted molar refractivity (Wildman–Crippen MR) is 132 cm³/mol. The standard InChI is InChI=1S/C26H34BrFN2O3/c1-8-10-15(3)22-19(18-12-16(4)20(27)21(28)17(18)11-9-2)26(23(31)29-22)13-30(14-26)24(32)33-25(5,6)7/h12H,3,8-11,13-14H2,1-2,4-7H3,(H,29,31). The number of amides is 2. The predicted octanol–water partition coefficient (Wildman–Crippen LogP) is 6.28. The summed E-state index contributed by atoms with van der Waals surface area (Å²) >= 11 is 3.38. The van der Waals surface area contributed by atoms with Crippen molar-refractivity contribution in [1.29, 1.82) is 0 Å². The van der Waals surface area contributed by atoms with E-state index in [4.69, 9.17) is 4.74 Å². The quantitative estimate of drug-likeness (QED) is 0.479. The number of nitrogens with one attached hydrogen (secondary N) is 1. The Balaban J connectivity index is 2.15. The van der Waals surface area contributed by atoms with E-state index in [1.54, 1.807) is 0 Å². The average molecular weight is 521 g/mol. The van der Waals surface area contributed by atoms with Crippen molar-refractivity contribution < 1.29 is 18.7 Å². The van der Waals surface area contributed by atoms with E-state index in [-0.39, 0.29) is 24.8 Å². The minimum absolute atomic E-state index is 0.173. The summed E-state index contributed by atoms with van der Waals surface area (Å²) in [5, 5.41) is 3.04. The second kappa shape index (κ2) is 9.24. The van der Waals surface area contributed by atoms with Crippen LogP contribution in [0.5, 0.6) is 0 Å². The molecule has 0 radical (unpaired) electrons. The second-order valence-corrected chi connectivity index (χ2v) is 10.9. The minimum atomic E-state index is -0.946. The number of rotatable bonds is 6. The van der Waals surface area contributed by atoms with Gasteiger partial charge in [0.1, 0.15) is 16.8 Å². The summed E-state index contributed by atoms with van der Waals surface area (Å²) in [6, 6.07) is 1.95. The largest absolute Gasteiger partial charge is 0.444 e. The molecule has 0 aromatic heterocycles. The smallest absolute Gasteiger partial charge is 0.410 e. The summed E-state index contributed by atoms with van der Waals surface area (Å²) in [4.78, 5) is 27.5. The van der Waals surface area contributed by atoms with Crippen LogP contribution in [0.2, 0.25) is 0 Å². The van der Waals surface area contributed by atoms with Crippen LogP contribution in [0.3, 0.4) is 0 Å². The lowest BCUT2D eigenvalue weighted by atomic mass is 9.69. The van der Waals surface area contributed by atoms with E-state index in [0.29, 0.717) is 28.6 Å². The van der Waals surface area contributed by atoms with Crippen molar-refractivity contribution in [3.8, 4) is 0 Å². The first-order valence-corrected chi connectivity index (χ1v) is 12.4. The maximum absolute atomic E-state index is 15.4. The van der Waals surface area contributed by atoms with Gasteiger partial charge in [-0.05, 0) is 78.7 Å². The van der Waals surface area contributed by atoms with Crippen LogP contribution in [0.1, 0.15) is 70.6 Å². The minimum Gasteiger partial charge on any atom is -0.444 e. The molecule has 0 unspecified atom stereocenters. The summed E-state index contributed by atoms with van der Waals surface area (Å²) < 4.78 is 21.4. The fourth-order valence-corrected chi connectivity index (χ4v) is 4.96. The van der Waals surface area contributed by atoms with E-state index in [0.717, 1.165) is 35.1 Å². The summed E-state index contributed by atoms with van der Waals surface area (Å²) in [5.41, 5.74) is 2.73. The van der Waals surface area contributed by atoms with Gasteiger partial charge in [-0.15, -0.1) is 0 Å². The van der Waals surface area contributed by atoms with Gasteiger partial charge in [-0.3, -0.25) is 4.79 Å². The number of hydrogen-bond donors (Lipinski definition) is 1. The Morgan fingerprint density at radius 2 is 1.94 bits per heavy atom. The van der Waals surface area contributed by atoms with Crippen molar-refractivity contribution in [3.63, 3.8) is 0 Å². The Hall–Kier alpha value is -2.15. The van der Waals surface area contributed by atoms with E-state index in [2.05, 4.69) is 34.7 Å². The molecule has 1 aromatic carbocycles. The van der Waals surface area contributed by atoms with Crippen LogP contribution in [0.25, 0.3) is 5.57 Å². The number of nitrogens with zero attached hydrogens (tertiary/aromatic N) is 1. The molecule has 1 saturated heterocycles. The molecule has 7 heteroatoms. The topological polar surface area (TPSA) is 58.6 Å². The first-order valence-electron chi connectivity index (χ1n) is 11.6. The van der Waals surface area contributed by atoms with Crippen LogP contribution in [-0.2, 0) is 16.0 Å². The molecule has 0 aliphatic carbocycles. The molecule has 1 fully saturated rings. The van der Waals surface area contributed by atoms with Crippen molar-refractivity contribution >= 4 is 33.5 Å². The highest BCUT2D eigenvalue weighted by molar-refractivity contribution is 9.10. The van der Waals surface area contributed by atoms with Crippen LogP contribution in [0, 0.1) is 18.2 Å². The number of hydrogen-bond acceptors (Lipinski definition) is 3. The molecule has 1 spiro atoms. The van der Waals surface area contributed by atoms with Gasteiger partial charge in [-0.25, -0.2) is 9.18 Å². The molecule has 1 aromatic rings. The van der Waals surface area contributed by atoms with Gasteiger partial charge in [0, 0.05) is 24.4 Å². The van der Waals surface area contributed by atoms with E-state index < -0.39 is 17.1 Å². The fourth-order valence-electron chi connectivity index (χ4n) is 4.60. The van der Waals surface area contributed by atoms with Gasteiger partial charge < -0.3 is 15.0 Å². The zero-order valence-electron chi connectivity index (χ0n) is 20.5. The Kier molecular flexibility index (Phi) is 7.13. The van der Waals surface area contributed by atoms with Gasteiger partial charge in [0.05, 0.1) is 4.47 Å². The first-order chi connectivity index (χ1) is 15.4. The van der Waals surface area contributed by atoms with Crippen LogP contribution in [0.15, 0.2) is 28.4 Å². The summed E-state index contributed by atoms with van der Waals surface area (Å²) in [5.74, 6) is -0.467. The molecule has 1 N–H and O–H groups in total. The SMILES string of the molecule is C=C(CCC)C1=C(c2cc(C)c(Br)c(F)c2CCC)C2(CN(C(=O)OC(C)(C)C)C2)C(=O)N1. The van der Waals surface area contributed by atoms with Crippen molar-refractivity contribution in [2.24, 2.45) is 5.41 Å². The Morgan fingerprint density at radius 1 is 1.30 bits per heavy atom. The Morgan fingerprint density at radius 3 is 2.48 bits per heavy atom. The van der Waals surface area contributed by atoms with Gasteiger partial charge in [0.15, 0.2) is 0 Å². The molecule has 2 amide bonds. The highest BCUT2D eigenvalue weighted by Crippen LogP contribution is 2.51. The highest BCUT2D eigenvalue weighted by Gasteiger charge is 2.59. The van der Waals surface area contributed by atoms with E-state index in [1.165, 1.54) is 4.90 Å². The molecule has 2 aliphatic rings. The number of benzene rings is 1. The molecule has 0 saturated carbocycles. The van der Waals surface area contributed by atoms with E-state index in [1.807, 2.05) is 40.7 Å². The number of allylic oxidation sites excluding steroid dienone is 1. The van der Waals surface area contributed by atoms with Gasteiger partial charge in [0.2, 0.25) is 5.91 Å². The first kappa shape index (κ1) is 25.5. The number of likely N-dealkylation sites (tertiary alicyclic amines) is 1. The summed E-state index contributed by atoms with van der Waals surface area (Å²) in [7, 11) is 0. The van der Waals surface area contributed by atoms with E-state index >= 15 is 4.39 Å². The lowest BCUT2D eigenvalue weighted by molar-refractivity contribution is -0.132. The molecule has 3 rings (SSSR count). The average Bonchev–Trinajstić information content (AvgIpc) is 2.99. The molecule has 0 atom stereocenters. The normalized spacial score (nSPS) is 17.3. The Bertz CT molecular complexity index is 1030. The van der Waals surface area contributed by atoms with Crippen LogP contribution < -0.4 is 5.32 Å². The summed E-state index contributed by atoms with van der Waals surface area (Å²) in [6.07, 6.45) is 2.44. The van der Waals surface area contributed by atoms with Crippen LogP contribution >= 0.6 is 15.9 Å². The number of ether oxygens (including phenoxy) is 1. The molecule has 2 heterocycles. The monoisotopic (exact) mass is 520 g/mol. The van der Waals surface area contributed by atoms with Crippen molar-refractivity contribution in [2.45, 2.75) is 72.8 Å². The molecule has 0 bridgehead atoms. The van der Waals surface area contributed by atoms with Gasteiger partial charge in [0.25, 0.3) is 0 Å². The molecule has 5 nitrogen and oxygen atoms in total. The van der Waals surface area contributed by atoms with Crippen LogP contribution in [0.4, 0.5) is 9.18 Å².